The normalized spacial score (nSPS) is 10.8. The first-order valence-corrected chi connectivity index (χ1v) is 9.80. The Morgan fingerprint density at radius 2 is 1.90 bits per heavy atom. The van der Waals surface area contributed by atoms with Crippen LogP contribution in [-0.2, 0) is 22.6 Å². The monoisotopic (exact) mass is 460 g/mol. The molecule has 7 heteroatoms. The fraction of sp³-hybridized carbons (Fsp3) is 0.273. The second-order valence-corrected chi connectivity index (χ2v) is 7.34. The lowest BCUT2D eigenvalue weighted by atomic mass is 10.0. The number of ether oxygens (including phenoxy) is 3. The van der Waals surface area contributed by atoms with E-state index in [0.29, 0.717) is 22.6 Å². The van der Waals surface area contributed by atoms with E-state index >= 15 is 0 Å². The van der Waals surface area contributed by atoms with Crippen LogP contribution in [0.5, 0.6) is 11.5 Å². The van der Waals surface area contributed by atoms with Crippen molar-refractivity contribution in [3.05, 3.63) is 68.0 Å². The average molecular weight is 461 g/mol. The summed E-state index contributed by atoms with van der Waals surface area (Å²) in [6.45, 7) is 1.99. The van der Waals surface area contributed by atoms with Gasteiger partial charge < -0.3 is 18.6 Å². The molecule has 0 saturated heterocycles. The number of carbonyl (C=O) groups excluding carboxylic acids is 1. The highest BCUT2D eigenvalue weighted by Gasteiger charge is 2.14. The topological polar surface area (TPSA) is 75.0 Å². The van der Waals surface area contributed by atoms with Crippen LogP contribution in [0, 0.1) is 6.92 Å². The minimum Gasteiger partial charge on any atom is -0.497 e. The van der Waals surface area contributed by atoms with Crippen LogP contribution in [0.15, 0.2) is 50.1 Å². The van der Waals surface area contributed by atoms with Crippen molar-refractivity contribution in [1.82, 2.24) is 0 Å². The van der Waals surface area contributed by atoms with Gasteiger partial charge in [0.2, 0.25) is 0 Å². The zero-order valence-electron chi connectivity index (χ0n) is 16.4. The molecule has 6 nitrogen and oxygen atoms in total. The molecule has 0 fully saturated rings. The Kier molecular flexibility index (Phi) is 6.59. The lowest BCUT2D eigenvalue weighted by Crippen LogP contribution is -2.13. The van der Waals surface area contributed by atoms with Gasteiger partial charge in [-0.15, -0.1) is 0 Å². The van der Waals surface area contributed by atoms with Crippen LogP contribution in [0.4, 0.5) is 0 Å². The standard InChI is InChI=1S/C22H21BrO6/c1-13-16-6-5-15(26-2)11-20(16)29-22(25)17(13)7-9-21(24)28-12-14-4-8-19(27-3)18(23)10-14/h4-6,8,10-11H,7,9,12H2,1-3H3. The van der Waals surface area contributed by atoms with Gasteiger partial charge in [0.15, 0.2) is 0 Å². The van der Waals surface area contributed by atoms with Gasteiger partial charge in [0.25, 0.3) is 0 Å². The molecule has 0 aliphatic carbocycles. The molecule has 0 spiro atoms. The average Bonchev–Trinajstić information content (AvgIpc) is 2.71. The molecule has 152 valence electrons. The fourth-order valence-corrected chi connectivity index (χ4v) is 3.64. The van der Waals surface area contributed by atoms with Gasteiger partial charge >= 0.3 is 11.6 Å². The lowest BCUT2D eigenvalue weighted by Gasteiger charge is -2.10. The third kappa shape index (κ3) is 4.79. The molecule has 0 radical (unpaired) electrons. The van der Waals surface area contributed by atoms with E-state index in [2.05, 4.69) is 15.9 Å². The first kappa shape index (κ1) is 20.9. The summed E-state index contributed by atoms with van der Waals surface area (Å²) in [6.07, 6.45) is 0.339. The van der Waals surface area contributed by atoms with E-state index in [0.717, 1.165) is 21.0 Å². The summed E-state index contributed by atoms with van der Waals surface area (Å²) in [4.78, 5) is 24.5. The highest BCUT2D eigenvalue weighted by Crippen LogP contribution is 2.26. The maximum Gasteiger partial charge on any atom is 0.339 e. The van der Waals surface area contributed by atoms with Gasteiger partial charge in [-0.3, -0.25) is 4.79 Å². The van der Waals surface area contributed by atoms with Crippen LogP contribution < -0.4 is 15.1 Å². The van der Waals surface area contributed by atoms with E-state index in [4.69, 9.17) is 18.6 Å². The predicted molar refractivity (Wildman–Crippen MR) is 113 cm³/mol. The lowest BCUT2D eigenvalue weighted by molar-refractivity contribution is -0.144. The van der Waals surface area contributed by atoms with Crippen molar-refractivity contribution in [2.45, 2.75) is 26.4 Å². The summed E-state index contributed by atoms with van der Waals surface area (Å²) in [5.74, 6) is 0.934. The van der Waals surface area contributed by atoms with Gasteiger partial charge in [-0.2, -0.15) is 0 Å². The predicted octanol–water partition coefficient (Wildman–Crippen LogP) is 4.56. The summed E-state index contributed by atoms with van der Waals surface area (Å²) in [5.41, 5.74) is 2.12. The number of aryl methyl sites for hydroxylation is 1. The molecule has 0 N–H and O–H groups in total. The number of hydrogen-bond acceptors (Lipinski definition) is 6. The molecule has 29 heavy (non-hydrogen) atoms. The van der Waals surface area contributed by atoms with E-state index in [-0.39, 0.29) is 25.4 Å². The van der Waals surface area contributed by atoms with Crippen LogP contribution in [0.3, 0.4) is 0 Å². The smallest absolute Gasteiger partial charge is 0.339 e. The van der Waals surface area contributed by atoms with Crippen molar-refractivity contribution >= 4 is 32.9 Å². The van der Waals surface area contributed by atoms with Gasteiger partial charge in [-0.25, -0.2) is 4.79 Å². The number of hydrogen-bond donors (Lipinski definition) is 0. The van der Waals surface area contributed by atoms with Crippen LogP contribution in [0.2, 0.25) is 0 Å². The van der Waals surface area contributed by atoms with Crippen LogP contribution in [0.1, 0.15) is 23.1 Å². The van der Waals surface area contributed by atoms with E-state index in [1.807, 2.05) is 25.1 Å². The fourth-order valence-electron chi connectivity index (χ4n) is 3.05. The number of halogens is 1. The molecule has 0 atom stereocenters. The van der Waals surface area contributed by atoms with Crippen molar-refractivity contribution < 1.29 is 23.4 Å². The van der Waals surface area contributed by atoms with Gasteiger partial charge in [-0.05, 0) is 64.7 Å². The Morgan fingerprint density at radius 3 is 2.59 bits per heavy atom. The Labute approximate surface area is 176 Å². The third-order valence-electron chi connectivity index (χ3n) is 4.69. The second kappa shape index (κ2) is 9.13. The quantitative estimate of drug-likeness (QED) is 0.380. The van der Waals surface area contributed by atoms with Crippen molar-refractivity contribution in [3.8, 4) is 11.5 Å². The molecule has 0 saturated carbocycles. The summed E-state index contributed by atoms with van der Waals surface area (Å²) < 4.78 is 21.9. The van der Waals surface area contributed by atoms with Crippen LogP contribution >= 0.6 is 15.9 Å². The second-order valence-electron chi connectivity index (χ2n) is 6.48. The van der Waals surface area contributed by atoms with E-state index in [1.54, 1.807) is 32.4 Å². The number of esters is 1. The van der Waals surface area contributed by atoms with Crippen molar-refractivity contribution in [1.29, 1.82) is 0 Å². The molecule has 0 unspecified atom stereocenters. The van der Waals surface area contributed by atoms with E-state index in [9.17, 15) is 9.59 Å². The van der Waals surface area contributed by atoms with Gasteiger partial charge in [0.1, 0.15) is 23.7 Å². The molecule has 0 amide bonds. The SMILES string of the molecule is COc1ccc2c(C)c(CCC(=O)OCc3ccc(OC)c(Br)c3)c(=O)oc2c1. The van der Waals surface area contributed by atoms with E-state index in [1.165, 1.54) is 0 Å². The first-order valence-electron chi connectivity index (χ1n) is 9.01. The Morgan fingerprint density at radius 1 is 1.10 bits per heavy atom. The minimum atomic E-state index is -0.449. The summed E-state index contributed by atoms with van der Waals surface area (Å²) >= 11 is 3.40. The largest absolute Gasteiger partial charge is 0.497 e. The Balaban J connectivity index is 1.66. The van der Waals surface area contributed by atoms with Gasteiger partial charge in [0.05, 0.1) is 18.7 Å². The number of methoxy groups -OCH3 is 2. The summed E-state index contributed by atoms with van der Waals surface area (Å²) in [7, 11) is 3.14. The highest BCUT2D eigenvalue weighted by atomic mass is 79.9. The van der Waals surface area contributed by atoms with Crippen LogP contribution in [0.25, 0.3) is 11.0 Å². The molecule has 3 rings (SSSR count). The Bertz CT molecular complexity index is 1100. The third-order valence-corrected chi connectivity index (χ3v) is 5.31. The zero-order valence-corrected chi connectivity index (χ0v) is 18.0. The number of carbonyl (C=O) groups is 1. The molecule has 2 aromatic carbocycles. The maximum atomic E-state index is 12.4. The van der Waals surface area contributed by atoms with Crippen molar-refractivity contribution in [2.75, 3.05) is 14.2 Å². The molecule has 1 aromatic heterocycles. The van der Waals surface area contributed by atoms with Crippen LogP contribution in [-0.4, -0.2) is 20.2 Å². The molecule has 1 heterocycles. The summed E-state index contributed by atoms with van der Waals surface area (Å²) in [5, 5.41) is 0.817. The molecule has 0 bridgehead atoms. The molecule has 0 aliphatic heterocycles. The van der Waals surface area contributed by atoms with Crippen molar-refractivity contribution in [3.63, 3.8) is 0 Å². The van der Waals surface area contributed by atoms with E-state index < -0.39 is 5.63 Å². The van der Waals surface area contributed by atoms with Gasteiger partial charge in [0, 0.05) is 23.4 Å². The highest BCUT2D eigenvalue weighted by molar-refractivity contribution is 9.10. The zero-order chi connectivity index (χ0) is 21.0. The number of rotatable bonds is 7. The molecule has 0 aliphatic rings. The molecular weight excluding hydrogens is 440 g/mol. The molecular formula is C22H21BrO6. The maximum absolute atomic E-state index is 12.4. The van der Waals surface area contributed by atoms with Gasteiger partial charge in [-0.1, -0.05) is 6.07 Å². The summed E-state index contributed by atoms with van der Waals surface area (Å²) in [6, 6.07) is 10.8. The number of benzene rings is 2. The Hall–Kier alpha value is -2.80. The molecule has 3 aromatic rings. The van der Waals surface area contributed by atoms with Crippen molar-refractivity contribution in [2.24, 2.45) is 0 Å². The number of fused-ring (bicyclic) bond motifs is 1. The minimum absolute atomic E-state index is 0.0879. The first-order chi connectivity index (χ1) is 13.9.